The number of allylic oxidation sites excluding steroid dienone is 8. The van der Waals surface area contributed by atoms with E-state index < -0.39 is 6.10 Å². The van der Waals surface area contributed by atoms with Gasteiger partial charge >= 0.3 is 17.9 Å². The number of ether oxygens (including phenoxy) is 3. The van der Waals surface area contributed by atoms with E-state index in [-0.39, 0.29) is 31.1 Å². The van der Waals surface area contributed by atoms with Gasteiger partial charge in [-0.05, 0) is 83.5 Å². The lowest BCUT2D eigenvalue weighted by molar-refractivity contribution is -0.167. The summed E-state index contributed by atoms with van der Waals surface area (Å²) in [4.78, 5) is 38.4. The highest BCUT2D eigenvalue weighted by atomic mass is 16.6. The van der Waals surface area contributed by atoms with Crippen molar-refractivity contribution in [3.63, 3.8) is 0 Å². The quantitative estimate of drug-likeness (QED) is 0.0261. The van der Waals surface area contributed by atoms with E-state index in [1.54, 1.807) is 0 Å². The van der Waals surface area contributed by atoms with E-state index in [9.17, 15) is 14.4 Å². The summed E-state index contributed by atoms with van der Waals surface area (Å²) in [5.74, 6) is -0.863. The average Bonchev–Trinajstić information content (AvgIpc) is 3.44. The molecule has 0 aliphatic carbocycles. The topological polar surface area (TPSA) is 78.9 Å². The zero-order valence-corrected chi connectivity index (χ0v) is 52.5. The number of carbonyl (C=O) groups is 3. The first-order valence-electron chi connectivity index (χ1n) is 34.6. The Bertz CT molecular complexity index is 1350. The predicted molar refractivity (Wildman–Crippen MR) is 339 cm³/mol. The lowest BCUT2D eigenvalue weighted by Gasteiger charge is -2.18. The molecule has 0 aromatic rings. The van der Waals surface area contributed by atoms with Gasteiger partial charge in [0, 0.05) is 19.3 Å². The minimum absolute atomic E-state index is 0.0741. The summed E-state index contributed by atoms with van der Waals surface area (Å²) in [6, 6.07) is 0. The first-order chi connectivity index (χ1) is 38.5. The molecular formula is C72H132O6. The molecular weight excluding hydrogens is 961 g/mol. The summed E-state index contributed by atoms with van der Waals surface area (Å²) in [5, 5.41) is 0. The Morgan fingerprint density at radius 3 is 0.731 bits per heavy atom. The number of rotatable bonds is 64. The Balaban J connectivity index is 4.36. The van der Waals surface area contributed by atoms with Crippen LogP contribution in [0.15, 0.2) is 48.6 Å². The summed E-state index contributed by atoms with van der Waals surface area (Å²) >= 11 is 0. The second-order valence-electron chi connectivity index (χ2n) is 23.4. The van der Waals surface area contributed by atoms with Crippen molar-refractivity contribution in [2.75, 3.05) is 13.2 Å². The molecule has 0 fully saturated rings. The monoisotopic (exact) mass is 1090 g/mol. The van der Waals surface area contributed by atoms with Crippen LogP contribution in [0.25, 0.3) is 0 Å². The molecule has 0 radical (unpaired) electrons. The Labute approximate surface area is 486 Å². The van der Waals surface area contributed by atoms with E-state index in [1.165, 1.54) is 257 Å². The molecule has 0 aliphatic rings. The van der Waals surface area contributed by atoms with Crippen LogP contribution in [0.5, 0.6) is 0 Å². The lowest BCUT2D eigenvalue weighted by Crippen LogP contribution is -2.30. The van der Waals surface area contributed by atoms with Crippen molar-refractivity contribution in [1.29, 1.82) is 0 Å². The van der Waals surface area contributed by atoms with Crippen molar-refractivity contribution in [3.8, 4) is 0 Å². The zero-order valence-electron chi connectivity index (χ0n) is 52.5. The second kappa shape index (κ2) is 66.9. The van der Waals surface area contributed by atoms with Crippen molar-refractivity contribution < 1.29 is 28.6 Å². The number of carbonyl (C=O) groups excluding carboxylic acids is 3. The first kappa shape index (κ1) is 75.4. The average molecular weight is 1090 g/mol. The molecule has 78 heavy (non-hydrogen) atoms. The van der Waals surface area contributed by atoms with Crippen LogP contribution in [0, 0.1) is 0 Å². The Kier molecular flexibility index (Phi) is 64.6. The van der Waals surface area contributed by atoms with Gasteiger partial charge in [0.1, 0.15) is 13.2 Å². The third kappa shape index (κ3) is 64.2. The van der Waals surface area contributed by atoms with Gasteiger partial charge in [-0.15, -0.1) is 0 Å². The molecule has 6 heteroatoms. The molecule has 0 aromatic carbocycles. The molecule has 456 valence electrons. The van der Waals surface area contributed by atoms with E-state index in [1.807, 2.05) is 0 Å². The Hall–Kier alpha value is -2.63. The maximum absolute atomic E-state index is 13.0. The first-order valence-corrected chi connectivity index (χ1v) is 34.6. The molecule has 0 rings (SSSR count). The summed E-state index contributed by atoms with van der Waals surface area (Å²) in [7, 11) is 0. The van der Waals surface area contributed by atoms with Crippen molar-refractivity contribution in [1.82, 2.24) is 0 Å². The number of unbranched alkanes of at least 4 members (excludes halogenated alkanes) is 45. The molecule has 0 saturated carbocycles. The molecule has 0 heterocycles. The third-order valence-corrected chi connectivity index (χ3v) is 15.6. The molecule has 1 unspecified atom stereocenters. The molecule has 0 N–H and O–H groups in total. The molecule has 0 saturated heterocycles. The fourth-order valence-electron chi connectivity index (χ4n) is 10.3. The molecule has 0 aliphatic heterocycles. The summed E-state index contributed by atoms with van der Waals surface area (Å²) in [5.41, 5.74) is 0. The Morgan fingerprint density at radius 2 is 0.462 bits per heavy atom. The van der Waals surface area contributed by atoms with Gasteiger partial charge in [0.15, 0.2) is 6.10 Å². The van der Waals surface area contributed by atoms with Gasteiger partial charge in [-0.1, -0.05) is 320 Å². The molecule has 0 aromatic heterocycles. The standard InChI is InChI=1S/C72H132O6/c1-4-7-10-13-16-19-22-25-28-31-34-36-38-41-44-47-50-53-56-59-62-65-71(74)77-68-69(67-76-70(73)64-61-58-55-52-49-46-43-40-33-30-27-24-21-18-15-12-9-6-3)78-72(75)66-63-60-57-54-51-48-45-42-39-37-35-32-29-26-23-20-17-14-11-8-5-2/h22,25,31-32,34-35,38,41,69H,4-21,23-24,26-30,33,36-37,39-40,42-68H2,1-3H3/b25-22-,34-31-,35-32-,41-38-. The van der Waals surface area contributed by atoms with E-state index in [2.05, 4.69) is 69.4 Å². The van der Waals surface area contributed by atoms with E-state index >= 15 is 0 Å². The van der Waals surface area contributed by atoms with E-state index in [4.69, 9.17) is 14.2 Å². The third-order valence-electron chi connectivity index (χ3n) is 15.6. The van der Waals surface area contributed by atoms with E-state index in [0.717, 1.165) is 77.0 Å². The fourth-order valence-corrected chi connectivity index (χ4v) is 10.3. The number of hydrogen-bond acceptors (Lipinski definition) is 6. The van der Waals surface area contributed by atoms with Crippen LogP contribution in [0.2, 0.25) is 0 Å². The maximum atomic E-state index is 13.0. The van der Waals surface area contributed by atoms with Crippen LogP contribution in [-0.2, 0) is 28.6 Å². The van der Waals surface area contributed by atoms with Gasteiger partial charge in [0.2, 0.25) is 0 Å². The smallest absolute Gasteiger partial charge is 0.306 e. The zero-order chi connectivity index (χ0) is 56.4. The van der Waals surface area contributed by atoms with Crippen LogP contribution < -0.4 is 0 Å². The van der Waals surface area contributed by atoms with Crippen LogP contribution in [0.3, 0.4) is 0 Å². The minimum Gasteiger partial charge on any atom is -0.462 e. The SMILES string of the molecule is CCCCCCC/C=C\C/C=C\C/C=C\CCCCCCCCC(=O)OCC(COC(=O)CCCCCCCCCCCCCCCCCCCC)OC(=O)CCCCCCCCCCC/C=C\CCCCCCCCCC. The van der Waals surface area contributed by atoms with Crippen molar-refractivity contribution in [2.45, 2.75) is 380 Å². The van der Waals surface area contributed by atoms with Crippen LogP contribution in [-0.4, -0.2) is 37.2 Å². The van der Waals surface area contributed by atoms with Crippen molar-refractivity contribution in [3.05, 3.63) is 48.6 Å². The van der Waals surface area contributed by atoms with Crippen LogP contribution in [0.1, 0.15) is 374 Å². The summed E-state index contributed by atoms with van der Waals surface area (Å²) in [6.07, 6.45) is 84.1. The fraction of sp³-hybridized carbons (Fsp3) is 0.847. The van der Waals surface area contributed by atoms with Gasteiger partial charge in [-0.3, -0.25) is 14.4 Å². The highest BCUT2D eigenvalue weighted by Crippen LogP contribution is 2.18. The maximum Gasteiger partial charge on any atom is 0.306 e. The Morgan fingerprint density at radius 1 is 0.256 bits per heavy atom. The van der Waals surface area contributed by atoms with Crippen molar-refractivity contribution in [2.24, 2.45) is 0 Å². The predicted octanol–water partition coefficient (Wildman–Crippen LogP) is 23.7. The number of hydrogen-bond donors (Lipinski definition) is 0. The summed E-state index contributed by atoms with van der Waals surface area (Å²) in [6.45, 7) is 6.68. The van der Waals surface area contributed by atoms with E-state index in [0.29, 0.717) is 19.3 Å². The largest absolute Gasteiger partial charge is 0.462 e. The van der Waals surface area contributed by atoms with Crippen LogP contribution in [0.4, 0.5) is 0 Å². The van der Waals surface area contributed by atoms with Gasteiger partial charge in [-0.25, -0.2) is 0 Å². The lowest BCUT2D eigenvalue weighted by atomic mass is 10.0. The van der Waals surface area contributed by atoms with Gasteiger partial charge < -0.3 is 14.2 Å². The molecule has 1 atom stereocenters. The summed E-state index contributed by atoms with van der Waals surface area (Å²) < 4.78 is 17.0. The molecule has 0 amide bonds. The van der Waals surface area contributed by atoms with Crippen molar-refractivity contribution >= 4 is 17.9 Å². The normalized spacial score (nSPS) is 12.3. The molecule has 0 spiro atoms. The molecule has 6 nitrogen and oxygen atoms in total. The number of esters is 3. The van der Waals surface area contributed by atoms with Gasteiger partial charge in [0.05, 0.1) is 0 Å². The van der Waals surface area contributed by atoms with Crippen LogP contribution >= 0.6 is 0 Å². The highest BCUT2D eigenvalue weighted by molar-refractivity contribution is 5.71. The minimum atomic E-state index is -0.780. The molecule has 0 bridgehead atoms. The highest BCUT2D eigenvalue weighted by Gasteiger charge is 2.19. The second-order valence-corrected chi connectivity index (χ2v) is 23.4. The van der Waals surface area contributed by atoms with Gasteiger partial charge in [-0.2, -0.15) is 0 Å². The van der Waals surface area contributed by atoms with Gasteiger partial charge in [0.25, 0.3) is 0 Å².